The van der Waals surface area contributed by atoms with Crippen molar-refractivity contribution in [1.29, 1.82) is 5.26 Å². The van der Waals surface area contributed by atoms with Gasteiger partial charge in [-0.1, -0.05) is 12.1 Å². The summed E-state index contributed by atoms with van der Waals surface area (Å²) in [5.74, 6) is 0.628. The van der Waals surface area contributed by atoms with Gasteiger partial charge in [0.05, 0.1) is 11.6 Å². The van der Waals surface area contributed by atoms with Gasteiger partial charge in [-0.25, -0.2) is 18.1 Å². The number of hydrogen-bond donors (Lipinski definition) is 1. The molecule has 7 heteroatoms. The zero-order valence-electron chi connectivity index (χ0n) is 11.2. The van der Waals surface area contributed by atoms with Crippen LogP contribution in [0.15, 0.2) is 35.5 Å². The summed E-state index contributed by atoms with van der Waals surface area (Å²) >= 11 is 0. The lowest BCUT2D eigenvalue weighted by Crippen LogP contribution is -2.23. The van der Waals surface area contributed by atoms with Crippen molar-refractivity contribution in [2.45, 2.75) is 18.5 Å². The molecule has 104 valence electrons. The molecule has 1 heterocycles. The summed E-state index contributed by atoms with van der Waals surface area (Å²) in [5.41, 5.74) is 1.32. The third-order valence-corrected chi connectivity index (χ3v) is 4.18. The van der Waals surface area contributed by atoms with E-state index in [0.717, 1.165) is 5.56 Å². The lowest BCUT2D eigenvalue weighted by molar-refractivity contribution is 0.578. The Morgan fingerprint density at radius 2 is 2.00 bits per heavy atom. The minimum Gasteiger partial charge on any atom is -0.337 e. The Hall–Kier alpha value is -2.17. The Kier molecular flexibility index (Phi) is 3.88. The SMILES string of the molecule is Cc1nc(S(=O)(=O)NCc2ccc(C#N)cc2)cn1C. The first kappa shape index (κ1) is 14.2. The van der Waals surface area contributed by atoms with Gasteiger partial charge in [0.1, 0.15) is 5.82 Å². The Morgan fingerprint density at radius 1 is 1.35 bits per heavy atom. The number of sulfonamides is 1. The molecular formula is C13H14N4O2S. The molecule has 0 unspecified atom stereocenters. The van der Waals surface area contributed by atoms with Crippen LogP contribution in [0.25, 0.3) is 0 Å². The van der Waals surface area contributed by atoms with Crippen molar-refractivity contribution in [3.63, 3.8) is 0 Å². The van der Waals surface area contributed by atoms with E-state index in [1.54, 1.807) is 42.8 Å². The van der Waals surface area contributed by atoms with E-state index in [1.165, 1.54) is 6.20 Å². The standard InChI is InChI=1S/C13H14N4O2S/c1-10-16-13(9-17(10)2)20(18,19)15-8-12-5-3-11(7-14)4-6-12/h3-6,9,15H,8H2,1-2H3. The first-order valence-corrected chi connectivity index (χ1v) is 7.39. The fourth-order valence-corrected chi connectivity index (χ4v) is 2.66. The number of aryl methyl sites for hydroxylation is 2. The number of imidazole rings is 1. The molecule has 2 aromatic rings. The fraction of sp³-hybridized carbons (Fsp3) is 0.231. The van der Waals surface area contributed by atoms with Gasteiger partial charge < -0.3 is 4.57 Å². The van der Waals surface area contributed by atoms with Crippen molar-refractivity contribution in [1.82, 2.24) is 14.3 Å². The Balaban J connectivity index is 2.11. The molecule has 20 heavy (non-hydrogen) atoms. The average molecular weight is 290 g/mol. The van der Waals surface area contributed by atoms with Crippen LogP contribution in [0.2, 0.25) is 0 Å². The molecule has 0 atom stereocenters. The molecule has 1 aromatic heterocycles. The van der Waals surface area contributed by atoms with Crippen molar-refractivity contribution >= 4 is 10.0 Å². The summed E-state index contributed by atoms with van der Waals surface area (Å²) in [6.07, 6.45) is 1.47. The molecule has 2 rings (SSSR count). The maximum atomic E-state index is 12.1. The third-order valence-electron chi connectivity index (χ3n) is 2.91. The highest BCUT2D eigenvalue weighted by Gasteiger charge is 2.17. The van der Waals surface area contributed by atoms with E-state index in [0.29, 0.717) is 11.4 Å². The molecule has 1 N–H and O–H groups in total. The van der Waals surface area contributed by atoms with E-state index < -0.39 is 10.0 Å². The zero-order chi connectivity index (χ0) is 14.8. The van der Waals surface area contributed by atoms with Crippen LogP contribution in [-0.2, 0) is 23.6 Å². The summed E-state index contributed by atoms with van der Waals surface area (Å²) in [6.45, 7) is 1.89. The molecule has 0 amide bonds. The molecule has 0 aliphatic rings. The summed E-state index contributed by atoms with van der Waals surface area (Å²) < 4.78 is 28.2. The quantitative estimate of drug-likeness (QED) is 0.912. The van der Waals surface area contributed by atoms with Crippen molar-refractivity contribution in [2.24, 2.45) is 7.05 Å². The molecular weight excluding hydrogens is 276 g/mol. The number of aromatic nitrogens is 2. The number of nitrogens with one attached hydrogen (secondary N) is 1. The molecule has 0 saturated heterocycles. The van der Waals surface area contributed by atoms with Gasteiger partial charge in [-0.15, -0.1) is 0 Å². The lowest BCUT2D eigenvalue weighted by atomic mass is 10.1. The molecule has 6 nitrogen and oxygen atoms in total. The fourth-order valence-electron chi connectivity index (χ4n) is 1.61. The van der Waals surface area contributed by atoms with Crippen LogP contribution in [0.5, 0.6) is 0 Å². The van der Waals surface area contributed by atoms with E-state index in [1.807, 2.05) is 6.07 Å². The van der Waals surface area contributed by atoms with E-state index >= 15 is 0 Å². The van der Waals surface area contributed by atoms with Gasteiger partial charge >= 0.3 is 0 Å². The molecule has 0 saturated carbocycles. The maximum Gasteiger partial charge on any atom is 0.259 e. The summed E-state index contributed by atoms with van der Waals surface area (Å²) in [6, 6.07) is 8.73. The normalized spacial score (nSPS) is 11.2. The largest absolute Gasteiger partial charge is 0.337 e. The van der Waals surface area contributed by atoms with E-state index in [9.17, 15) is 8.42 Å². The highest BCUT2D eigenvalue weighted by Crippen LogP contribution is 2.09. The van der Waals surface area contributed by atoms with Gasteiger partial charge in [-0.2, -0.15) is 5.26 Å². The molecule has 0 radical (unpaired) electrons. The first-order chi connectivity index (χ1) is 9.42. The predicted octanol–water partition coefficient (Wildman–Crippen LogP) is 1.08. The van der Waals surface area contributed by atoms with E-state index in [4.69, 9.17) is 5.26 Å². The maximum absolute atomic E-state index is 12.1. The second kappa shape index (κ2) is 5.45. The average Bonchev–Trinajstić information content (AvgIpc) is 2.78. The lowest BCUT2D eigenvalue weighted by Gasteiger charge is -2.04. The predicted molar refractivity (Wildman–Crippen MR) is 73.1 cm³/mol. The Morgan fingerprint density at radius 3 is 2.50 bits per heavy atom. The van der Waals surface area contributed by atoms with E-state index in [-0.39, 0.29) is 11.6 Å². The summed E-state index contributed by atoms with van der Waals surface area (Å²) in [5, 5.41) is 8.70. The molecule has 0 aliphatic carbocycles. The number of hydrogen-bond acceptors (Lipinski definition) is 4. The van der Waals surface area contributed by atoms with Gasteiger partial charge in [0.2, 0.25) is 0 Å². The second-order valence-corrected chi connectivity index (χ2v) is 6.08. The van der Waals surface area contributed by atoms with Crippen LogP contribution >= 0.6 is 0 Å². The number of nitrogens with zero attached hydrogens (tertiary/aromatic N) is 3. The van der Waals surface area contributed by atoms with Crippen molar-refractivity contribution < 1.29 is 8.42 Å². The highest BCUT2D eigenvalue weighted by atomic mass is 32.2. The van der Waals surface area contributed by atoms with Crippen LogP contribution < -0.4 is 4.72 Å². The van der Waals surface area contributed by atoms with Gasteiger partial charge in [0.15, 0.2) is 5.03 Å². The summed E-state index contributed by atoms with van der Waals surface area (Å²) in [4.78, 5) is 3.99. The topological polar surface area (TPSA) is 87.8 Å². The van der Waals surface area contributed by atoms with Crippen LogP contribution in [0.3, 0.4) is 0 Å². The van der Waals surface area contributed by atoms with Crippen LogP contribution in [0, 0.1) is 18.3 Å². The van der Waals surface area contributed by atoms with Crippen molar-refractivity contribution in [3.05, 3.63) is 47.4 Å². The highest BCUT2D eigenvalue weighted by molar-refractivity contribution is 7.89. The van der Waals surface area contributed by atoms with Gasteiger partial charge in [0, 0.05) is 19.8 Å². The molecule has 0 spiro atoms. The zero-order valence-corrected chi connectivity index (χ0v) is 12.0. The first-order valence-electron chi connectivity index (χ1n) is 5.91. The molecule has 0 fully saturated rings. The number of benzene rings is 1. The molecule has 1 aromatic carbocycles. The minimum absolute atomic E-state index is 0.00569. The van der Waals surface area contributed by atoms with Crippen LogP contribution in [0.1, 0.15) is 17.0 Å². The molecule has 0 aliphatic heterocycles. The van der Waals surface area contributed by atoms with Gasteiger partial charge in [-0.05, 0) is 24.6 Å². The Bertz CT molecular complexity index is 735. The monoisotopic (exact) mass is 290 g/mol. The number of rotatable bonds is 4. The molecule has 0 bridgehead atoms. The van der Waals surface area contributed by atoms with E-state index in [2.05, 4.69) is 9.71 Å². The van der Waals surface area contributed by atoms with Crippen molar-refractivity contribution in [3.8, 4) is 6.07 Å². The third kappa shape index (κ3) is 3.04. The van der Waals surface area contributed by atoms with Crippen LogP contribution in [0.4, 0.5) is 0 Å². The van der Waals surface area contributed by atoms with Crippen LogP contribution in [-0.4, -0.2) is 18.0 Å². The minimum atomic E-state index is -3.62. The second-order valence-electron chi connectivity index (χ2n) is 4.37. The Labute approximate surface area is 117 Å². The summed E-state index contributed by atoms with van der Waals surface area (Å²) in [7, 11) is -1.88. The smallest absolute Gasteiger partial charge is 0.259 e. The van der Waals surface area contributed by atoms with Gasteiger partial charge in [-0.3, -0.25) is 0 Å². The van der Waals surface area contributed by atoms with Crippen molar-refractivity contribution in [2.75, 3.05) is 0 Å². The van der Waals surface area contributed by atoms with Gasteiger partial charge in [0.25, 0.3) is 10.0 Å². The number of nitriles is 1.